The summed E-state index contributed by atoms with van der Waals surface area (Å²) < 4.78 is 17.5. The van der Waals surface area contributed by atoms with E-state index in [1.54, 1.807) is 43.5 Å². The molecule has 158 valence electrons. The first kappa shape index (κ1) is 21.7. The third-order valence-electron chi connectivity index (χ3n) is 4.11. The van der Waals surface area contributed by atoms with Gasteiger partial charge in [-0.3, -0.25) is 14.2 Å². The maximum absolute atomic E-state index is 13.3. The van der Waals surface area contributed by atoms with Gasteiger partial charge >= 0.3 is 5.97 Å². The smallest absolute Gasteiger partial charge is 0.316 e. The van der Waals surface area contributed by atoms with Crippen LogP contribution in [0.25, 0.3) is 16.6 Å². The molecule has 8 heteroatoms. The second-order valence-corrected chi connectivity index (χ2v) is 8.41. The van der Waals surface area contributed by atoms with Gasteiger partial charge in [0.15, 0.2) is 16.7 Å². The molecule has 7 nitrogen and oxygen atoms in total. The standard InChI is InChI=1S/C22H24N2O5S/c1-22(2,3)29-19(25)13-30-21-23-16-9-7-6-8-15(16)20(26)24(21)14-10-11-17(27-4)18(12-14)28-5/h6-12H,13H2,1-5H3. The van der Waals surface area contributed by atoms with Crippen molar-refractivity contribution in [3.63, 3.8) is 0 Å². The molecule has 0 bridgehead atoms. The summed E-state index contributed by atoms with van der Waals surface area (Å²) in [6.07, 6.45) is 0. The Balaban J connectivity index is 2.10. The summed E-state index contributed by atoms with van der Waals surface area (Å²) >= 11 is 1.15. The summed E-state index contributed by atoms with van der Waals surface area (Å²) in [7, 11) is 3.07. The lowest BCUT2D eigenvalue weighted by atomic mass is 10.2. The van der Waals surface area contributed by atoms with Gasteiger partial charge in [-0.05, 0) is 45.0 Å². The number of carbonyl (C=O) groups is 1. The largest absolute Gasteiger partial charge is 0.493 e. The molecule has 3 aromatic rings. The van der Waals surface area contributed by atoms with Crippen LogP contribution in [-0.4, -0.2) is 41.1 Å². The number of rotatable bonds is 6. The van der Waals surface area contributed by atoms with Crippen LogP contribution in [0, 0.1) is 0 Å². The molecule has 30 heavy (non-hydrogen) atoms. The maximum atomic E-state index is 13.3. The first-order valence-electron chi connectivity index (χ1n) is 9.32. The van der Waals surface area contributed by atoms with Gasteiger partial charge in [-0.15, -0.1) is 0 Å². The normalized spacial score (nSPS) is 11.4. The lowest BCUT2D eigenvalue weighted by Crippen LogP contribution is -2.26. The lowest BCUT2D eigenvalue weighted by molar-refractivity contribution is -0.151. The molecule has 0 aliphatic heterocycles. The molecular weight excluding hydrogens is 404 g/mol. The highest BCUT2D eigenvalue weighted by atomic mass is 32.2. The number of ether oxygens (including phenoxy) is 3. The van der Waals surface area contributed by atoms with Crippen molar-refractivity contribution in [2.75, 3.05) is 20.0 Å². The van der Waals surface area contributed by atoms with Crippen molar-refractivity contribution in [1.82, 2.24) is 9.55 Å². The summed E-state index contributed by atoms with van der Waals surface area (Å²) in [5.41, 5.74) is 0.297. The molecule has 0 fully saturated rings. The highest BCUT2D eigenvalue weighted by molar-refractivity contribution is 7.99. The molecule has 1 aromatic heterocycles. The van der Waals surface area contributed by atoms with Crippen LogP contribution in [0.2, 0.25) is 0 Å². The van der Waals surface area contributed by atoms with Gasteiger partial charge in [0, 0.05) is 6.07 Å². The summed E-state index contributed by atoms with van der Waals surface area (Å²) in [5, 5.41) is 0.866. The predicted molar refractivity (Wildman–Crippen MR) is 117 cm³/mol. The summed E-state index contributed by atoms with van der Waals surface area (Å²) in [5.74, 6) is 0.674. The van der Waals surface area contributed by atoms with Gasteiger partial charge in [-0.25, -0.2) is 4.98 Å². The zero-order valence-corrected chi connectivity index (χ0v) is 18.4. The second-order valence-electron chi connectivity index (χ2n) is 7.47. The van der Waals surface area contributed by atoms with E-state index in [9.17, 15) is 9.59 Å². The molecule has 3 rings (SSSR count). The van der Waals surface area contributed by atoms with E-state index in [1.807, 2.05) is 26.8 Å². The topological polar surface area (TPSA) is 79.7 Å². The number of carbonyl (C=O) groups excluding carboxylic acids is 1. The van der Waals surface area contributed by atoms with Gasteiger partial charge < -0.3 is 14.2 Å². The number of methoxy groups -OCH3 is 2. The molecule has 2 aromatic carbocycles. The minimum atomic E-state index is -0.586. The monoisotopic (exact) mass is 428 g/mol. The predicted octanol–water partition coefficient (Wildman–Crippen LogP) is 3.84. The highest BCUT2D eigenvalue weighted by Gasteiger charge is 2.19. The van der Waals surface area contributed by atoms with Crippen LogP contribution >= 0.6 is 11.8 Å². The molecule has 0 saturated carbocycles. The first-order chi connectivity index (χ1) is 14.2. The fourth-order valence-corrected chi connectivity index (χ4v) is 3.68. The fourth-order valence-electron chi connectivity index (χ4n) is 2.90. The molecule has 0 N–H and O–H groups in total. The molecule has 1 heterocycles. The number of aromatic nitrogens is 2. The van der Waals surface area contributed by atoms with E-state index in [-0.39, 0.29) is 17.3 Å². The third kappa shape index (κ3) is 4.76. The number of para-hydroxylation sites is 1. The summed E-state index contributed by atoms with van der Waals surface area (Å²) in [4.78, 5) is 30.1. The van der Waals surface area contributed by atoms with E-state index in [2.05, 4.69) is 4.98 Å². The summed E-state index contributed by atoms with van der Waals surface area (Å²) in [6.45, 7) is 5.43. The zero-order valence-electron chi connectivity index (χ0n) is 17.6. The van der Waals surface area contributed by atoms with Crippen LogP contribution in [0.15, 0.2) is 52.4 Å². The Kier molecular flexibility index (Phi) is 6.36. The van der Waals surface area contributed by atoms with Gasteiger partial charge in [0.2, 0.25) is 0 Å². The van der Waals surface area contributed by atoms with Crippen LogP contribution in [0.1, 0.15) is 20.8 Å². The quantitative estimate of drug-likeness (QED) is 0.335. The highest BCUT2D eigenvalue weighted by Crippen LogP contribution is 2.30. The Bertz CT molecular complexity index is 1130. The van der Waals surface area contributed by atoms with Gasteiger partial charge in [0.1, 0.15) is 5.60 Å². The Labute approximate surface area is 179 Å². The fraction of sp³-hybridized carbons (Fsp3) is 0.318. The minimum absolute atomic E-state index is 0.0232. The summed E-state index contributed by atoms with van der Waals surface area (Å²) in [6, 6.07) is 12.3. The van der Waals surface area contributed by atoms with E-state index in [0.717, 1.165) is 11.8 Å². The Hall–Kier alpha value is -3.00. The van der Waals surface area contributed by atoms with Crippen LogP contribution < -0.4 is 15.0 Å². The number of hydrogen-bond donors (Lipinski definition) is 0. The van der Waals surface area contributed by atoms with Gasteiger partial charge in [-0.2, -0.15) is 0 Å². The van der Waals surface area contributed by atoms with Crippen molar-refractivity contribution in [2.24, 2.45) is 0 Å². The van der Waals surface area contributed by atoms with E-state index < -0.39 is 5.60 Å². The molecular formula is C22H24N2O5S. The Morgan fingerprint density at radius 2 is 1.77 bits per heavy atom. The van der Waals surface area contributed by atoms with Crippen molar-refractivity contribution in [1.29, 1.82) is 0 Å². The minimum Gasteiger partial charge on any atom is -0.493 e. The van der Waals surface area contributed by atoms with E-state index >= 15 is 0 Å². The number of fused-ring (bicyclic) bond motifs is 1. The van der Waals surface area contributed by atoms with Crippen LogP contribution in [-0.2, 0) is 9.53 Å². The van der Waals surface area contributed by atoms with Crippen molar-refractivity contribution >= 4 is 28.6 Å². The second kappa shape index (κ2) is 8.79. The third-order valence-corrected chi connectivity index (χ3v) is 5.02. The molecule has 0 aliphatic rings. The van der Waals surface area contributed by atoms with Crippen molar-refractivity contribution in [2.45, 2.75) is 31.5 Å². The van der Waals surface area contributed by atoms with E-state index in [4.69, 9.17) is 14.2 Å². The molecule has 0 saturated heterocycles. The van der Waals surface area contributed by atoms with Crippen LogP contribution in [0.3, 0.4) is 0 Å². The zero-order chi connectivity index (χ0) is 21.9. The molecule has 0 aliphatic carbocycles. The van der Waals surface area contributed by atoms with Crippen molar-refractivity contribution < 1.29 is 19.0 Å². The SMILES string of the molecule is COc1ccc(-n2c(SCC(=O)OC(C)(C)C)nc3ccccc3c2=O)cc1OC. The average Bonchev–Trinajstić information content (AvgIpc) is 2.70. The Morgan fingerprint density at radius 1 is 1.07 bits per heavy atom. The lowest BCUT2D eigenvalue weighted by Gasteiger charge is -2.19. The van der Waals surface area contributed by atoms with Gasteiger partial charge in [0.25, 0.3) is 5.56 Å². The molecule has 0 atom stereocenters. The molecule has 0 amide bonds. The first-order valence-corrected chi connectivity index (χ1v) is 10.3. The number of thioether (sulfide) groups is 1. The number of nitrogens with zero attached hydrogens (tertiary/aromatic N) is 2. The number of benzene rings is 2. The molecule has 0 unspecified atom stereocenters. The van der Waals surface area contributed by atoms with E-state index in [0.29, 0.717) is 33.2 Å². The molecule has 0 radical (unpaired) electrons. The van der Waals surface area contributed by atoms with Crippen LogP contribution in [0.4, 0.5) is 0 Å². The maximum Gasteiger partial charge on any atom is 0.316 e. The van der Waals surface area contributed by atoms with Crippen molar-refractivity contribution in [3.8, 4) is 17.2 Å². The van der Waals surface area contributed by atoms with Crippen LogP contribution in [0.5, 0.6) is 11.5 Å². The van der Waals surface area contributed by atoms with Crippen molar-refractivity contribution in [3.05, 3.63) is 52.8 Å². The van der Waals surface area contributed by atoms with Gasteiger partial charge in [-0.1, -0.05) is 23.9 Å². The van der Waals surface area contributed by atoms with E-state index in [1.165, 1.54) is 11.7 Å². The number of hydrogen-bond acceptors (Lipinski definition) is 7. The van der Waals surface area contributed by atoms with Gasteiger partial charge in [0.05, 0.1) is 36.6 Å². The average molecular weight is 429 g/mol. The Morgan fingerprint density at radius 3 is 2.43 bits per heavy atom. The molecule has 0 spiro atoms. The number of esters is 1.